The van der Waals surface area contributed by atoms with Gasteiger partial charge in [0.1, 0.15) is 18.4 Å². The summed E-state index contributed by atoms with van der Waals surface area (Å²) < 4.78 is 2.05. The van der Waals surface area contributed by atoms with Crippen LogP contribution in [0.15, 0.2) is 31.4 Å². The van der Waals surface area contributed by atoms with Crippen LogP contribution in [-0.2, 0) is 0 Å². The second-order valence-electron chi connectivity index (χ2n) is 2.75. The summed E-state index contributed by atoms with van der Waals surface area (Å²) in [7, 11) is 0. The Hall–Kier alpha value is -1.09. The van der Waals surface area contributed by atoms with Gasteiger partial charge in [-0.1, -0.05) is 6.08 Å². The van der Waals surface area contributed by atoms with Crippen LogP contribution in [0.25, 0.3) is 0 Å². The van der Waals surface area contributed by atoms with Crippen LogP contribution in [0.3, 0.4) is 0 Å². The van der Waals surface area contributed by atoms with Gasteiger partial charge in [-0.25, -0.2) is 4.57 Å². The number of nitrogens with zero attached hydrogens (tertiary/aromatic N) is 1. The lowest BCUT2D eigenvalue weighted by atomic mass is 10.1. The minimum Gasteiger partial charge on any atom is -0.396 e. The second-order valence-corrected chi connectivity index (χ2v) is 2.75. The molecular formula is C9H15N2O+. The second kappa shape index (κ2) is 4.72. The lowest BCUT2D eigenvalue weighted by molar-refractivity contribution is -0.722. The molecule has 0 fully saturated rings. The normalized spacial score (nSPS) is 12.8. The Morgan fingerprint density at radius 1 is 1.67 bits per heavy atom. The van der Waals surface area contributed by atoms with E-state index in [9.17, 15) is 0 Å². The summed E-state index contributed by atoms with van der Waals surface area (Å²) in [6.45, 7) is 3.91. The molecule has 12 heavy (non-hydrogen) atoms. The molecule has 0 radical (unpaired) electrons. The molecule has 0 saturated heterocycles. The highest BCUT2D eigenvalue weighted by Crippen LogP contribution is 2.07. The van der Waals surface area contributed by atoms with E-state index in [1.807, 2.05) is 24.8 Å². The maximum Gasteiger partial charge on any atom is 0.241 e. The maximum absolute atomic E-state index is 8.80. The number of aromatic amines is 1. The molecular weight excluding hydrogens is 152 g/mol. The van der Waals surface area contributed by atoms with Gasteiger partial charge >= 0.3 is 0 Å². The first-order chi connectivity index (χ1) is 5.88. The Bertz CT molecular complexity index is 218. The van der Waals surface area contributed by atoms with E-state index in [4.69, 9.17) is 5.11 Å². The van der Waals surface area contributed by atoms with Gasteiger partial charge in [0.15, 0.2) is 0 Å². The minimum absolute atomic E-state index is 0.219. The van der Waals surface area contributed by atoms with Gasteiger partial charge in [-0.15, -0.1) is 6.58 Å². The number of aliphatic hydroxyl groups excluding tert-OH is 1. The van der Waals surface area contributed by atoms with E-state index in [1.165, 1.54) is 0 Å². The third-order valence-corrected chi connectivity index (χ3v) is 1.89. The van der Waals surface area contributed by atoms with Gasteiger partial charge in [0.05, 0.1) is 0 Å². The molecule has 3 heteroatoms. The highest BCUT2D eigenvalue weighted by Gasteiger charge is 2.12. The molecule has 0 aliphatic carbocycles. The summed E-state index contributed by atoms with van der Waals surface area (Å²) in [5, 5.41) is 8.80. The fourth-order valence-electron chi connectivity index (χ4n) is 1.26. The van der Waals surface area contributed by atoms with Gasteiger partial charge < -0.3 is 5.11 Å². The van der Waals surface area contributed by atoms with Crippen LogP contribution < -0.4 is 4.57 Å². The highest BCUT2D eigenvalue weighted by atomic mass is 16.3. The first kappa shape index (κ1) is 9.00. The van der Waals surface area contributed by atoms with Crippen molar-refractivity contribution >= 4 is 0 Å². The van der Waals surface area contributed by atoms with E-state index in [0.29, 0.717) is 6.04 Å². The summed E-state index contributed by atoms with van der Waals surface area (Å²) in [5.41, 5.74) is 0. The molecule has 0 saturated carbocycles. The Morgan fingerprint density at radius 2 is 2.50 bits per heavy atom. The Kier molecular flexibility index (Phi) is 3.54. The van der Waals surface area contributed by atoms with Gasteiger partial charge in [-0.05, 0) is 0 Å². The predicted molar refractivity (Wildman–Crippen MR) is 46.5 cm³/mol. The van der Waals surface area contributed by atoms with Gasteiger partial charge in [0.25, 0.3) is 0 Å². The number of rotatable bonds is 5. The van der Waals surface area contributed by atoms with Crippen molar-refractivity contribution in [1.29, 1.82) is 0 Å². The summed E-state index contributed by atoms with van der Waals surface area (Å²) >= 11 is 0. The van der Waals surface area contributed by atoms with Crippen molar-refractivity contribution < 1.29 is 9.67 Å². The third-order valence-electron chi connectivity index (χ3n) is 1.89. The number of H-pyrrole nitrogens is 1. The summed E-state index contributed by atoms with van der Waals surface area (Å²) in [4.78, 5) is 2.97. The van der Waals surface area contributed by atoms with E-state index in [1.54, 1.807) is 0 Å². The fourth-order valence-corrected chi connectivity index (χ4v) is 1.26. The first-order valence-corrected chi connectivity index (χ1v) is 4.13. The van der Waals surface area contributed by atoms with Crippen molar-refractivity contribution in [2.24, 2.45) is 0 Å². The number of aliphatic hydroxyl groups is 1. The molecule has 0 spiro atoms. The highest BCUT2D eigenvalue weighted by molar-refractivity contribution is 4.71. The van der Waals surface area contributed by atoms with E-state index >= 15 is 0 Å². The first-order valence-electron chi connectivity index (χ1n) is 4.13. The fraction of sp³-hybridized carbons (Fsp3) is 0.444. The van der Waals surface area contributed by atoms with Crippen molar-refractivity contribution in [1.82, 2.24) is 4.98 Å². The SMILES string of the molecule is C=CCC(CCO)[n+]1cc[nH]c1. The van der Waals surface area contributed by atoms with Gasteiger partial charge in [-0.3, -0.25) is 4.98 Å². The molecule has 66 valence electrons. The number of aromatic nitrogens is 2. The van der Waals surface area contributed by atoms with Gasteiger partial charge in [0, 0.05) is 19.4 Å². The summed E-state index contributed by atoms with van der Waals surface area (Å²) in [6.07, 6.45) is 9.26. The number of hydrogen-bond acceptors (Lipinski definition) is 1. The van der Waals surface area contributed by atoms with Gasteiger partial charge in [0.2, 0.25) is 6.33 Å². The van der Waals surface area contributed by atoms with Gasteiger partial charge in [-0.2, -0.15) is 0 Å². The van der Waals surface area contributed by atoms with Crippen molar-refractivity contribution in [3.05, 3.63) is 31.4 Å². The van der Waals surface area contributed by atoms with Crippen molar-refractivity contribution in [3.63, 3.8) is 0 Å². The molecule has 3 nitrogen and oxygen atoms in total. The Balaban J connectivity index is 2.59. The quantitative estimate of drug-likeness (QED) is 0.494. The Morgan fingerprint density at radius 3 is 3.00 bits per heavy atom. The average Bonchev–Trinajstić information content (AvgIpc) is 2.56. The third kappa shape index (κ3) is 2.20. The zero-order valence-corrected chi connectivity index (χ0v) is 7.11. The molecule has 0 aliphatic rings. The largest absolute Gasteiger partial charge is 0.396 e. The average molecular weight is 167 g/mol. The summed E-state index contributed by atoms with van der Waals surface area (Å²) in [5.74, 6) is 0. The van der Waals surface area contributed by atoms with E-state index in [-0.39, 0.29) is 6.61 Å². The molecule has 0 aliphatic heterocycles. The predicted octanol–water partition coefficient (Wildman–Crippen LogP) is 0.802. The minimum atomic E-state index is 0.219. The molecule has 0 bridgehead atoms. The number of nitrogens with one attached hydrogen (secondary N) is 1. The van der Waals surface area contributed by atoms with Crippen LogP contribution in [0.5, 0.6) is 0 Å². The lowest BCUT2D eigenvalue weighted by Gasteiger charge is -2.08. The van der Waals surface area contributed by atoms with Crippen LogP contribution >= 0.6 is 0 Å². The smallest absolute Gasteiger partial charge is 0.241 e. The molecule has 1 rings (SSSR count). The van der Waals surface area contributed by atoms with Crippen LogP contribution in [0.1, 0.15) is 18.9 Å². The number of hydrogen-bond donors (Lipinski definition) is 2. The zero-order valence-electron chi connectivity index (χ0n) is 7.11. The molecule has 1 aromatic rings. The van der Waals surface area contributed by atoms with Crippen LogP contribution in [0.4, 0.5) is 0 Å². The monoisotopic (exact) mass is 167 g/mol. The van der Waals surface area contributed by atoms with Crippen molar-refractivity contribution in [2.45, 2.75) is 18.9 Å². The number of imidazole rings is 1. The topological polar surface area (TPSA) is 39.9 Å². The molecule has 1 heterocycles. The molecule has 0 amide bonds. The maximum atomic E-state index is 8.80. The zero-order chi connectivity index (χ0) is 8.81. The van der Waals surface area contributed by atoms with E-state index in [0.717, 1.165) is 12.8 Å². The summed E-state index contributed by atoms with van der Waals surface area (Å²) in [6, 6.07) is 0.332. The lowest BCUT2D eigenvalue weighted by Crippen LogP contribution is -2.37. The van der Waals surface area contributed by atoms with E-state index in [2.05, 4.69) is 16.1 Å². The molecule has 0 aromatic carbocycles. The standard InChI is InChI=1S/C9H14N2O/c1-2-3-9(4-7-12)11-6-5-10-8-11/h2,5-6,8-9,12H,1,3-4,7H2/p+1. The molecule has 1 unspecified atom stereocenters. The molecule has 2 N–H and O–H groups in total. The Labute approximate surface area is 72.4 Å². The van der Waals surface area contributed by atoms with Crippen LogP contribution in [0.2, 0.25) is 0 Å². The molecule has 1 atom stereocenters. The molecule has 1 aromatic heterocycles. The van der Waals surface area contributed by atoms with Crippen molar-refractivity contribution in [2.75, 3.05) is 6.61 Å². The van der Waals surface area contributed by atoms with Crippen molar-refractivity contribution in [3.8, 4) is 0 Å². The van der Waals surface area contributed by atoms with Crippen LogP contribution in [0, 0.1) is 0 Å². The van der Waals surface area contributed by atoms with Crippen LogP contribution in [-0.4, -0.2) is 16.7 Å². The number of allylic oxidation sites excluding steroid dienone is 1. The van der Waals surface area contributed by atoms with E-state index < -0.39 is 0 Å².